The molecule has 1 aromatic carbocycles. The van der Waals surface area contributed by atoms with E-state index in [4.69, 9.17) is 9.72 Å². The van der Waals surface area contributed by atoms with Crippen LogP contribution in [-0.2, 0) is 14.3 Å². The molecule has 0 spiro atoms. The Balaban J connectivity index is 1.30. The van der Waals surface area contributed by atoms with Crippen LogP contribution in [0.3, 0.4) is 0 Å². The molecule has 44 heavy (non-hydrogen) atoms. The Bertz CT molecular complexity index is 1380. The number of nitrogens with zero attached hydrogens (tertiary/aromatic N) is 5. The van der Waals surface area contributed by atoms with E-state index in [1.54, 1.807) is 15.9 Å². The molecule has 2 N–H and O–H groups in total. The number of amides is 3. The first kappa shape index (κ1) is 31.2. The maximum Gasteiger partial charge on any atom is 0.409 e. The number of carbonyl (C=O) groups excluding carboxylic acids is 3. The summed E-state index contributed by atoms with van der Waals surface area (Å²) in [5.41, 5.74) is 1.97. The lowest BCUT2D eigenvalue weighted by atomic mass is 10.0. The lowest BCUT2D eigenvalue weighted by Gasteiger charge is -2.36. The molecule has 1 aliphatic carbocycles. The molecular weight excluding hydrogens is 564 g/mol. The molecular formula is C32H42N6O6. The number of nitrogens with one attached hydrogen (secondary N) is 1. The van der Waals surface area contributed by atoms with Crippen molar-refractivity contribution in [1.29, 1.82) is 0 Å². The summed E-state index contributed by atoms with van der Waals surface area (Å²) in [6.45, 7) is 10.7. The number of fused-ring (bicyclic) bond motifs is 1. The van der Waals surface area contributed by atoms with Gasteiger partial charge in [-0.1, -0.05) is 57.0 Å². The highest BCUT2D eigenvalue weighted by Crippen LogP contribution is 2.52. The summed E-state index contributed by atoms with van der Waals surface area (Å²) >= 11 is 0. The first-order valence-corrected chi connectivity index (χ1v) is 15.5. The van der Waals surface area contributed by atoms with Crippen molar-refractivity contribution in [2.24, 2.45) is 23.7 Å². The van der Waals surface area contributed by atoms with Crippen molar-refractivity contribution in [3.63, 3.8) is 0 Å². The Morgan fingerprint density at radius 3 is 2.23 bits per heavy atom. The number of rotatable bonds is 10. The van der Waals surface area contributed by atoms with Gasteiger partial charge in [0.05, 0.1) is 12.5 Å². The monoisotopic (exact) mass is 606 g/mol. The number of aliphatic carboxylic acids is 1. The van der Waals surface area contributed by atoms with Gasteiger partial charge in [-0.05, 0) is 31.1 Å². The number of unbranched alkanes of at least 4 members (excludes halogenated alkanes) is 1. The number of ether oxygens (including phenoxy) is 1. The maximum atomic E-state index is 13.7. The third-order valence-corrected chi connectivity index (χ3v) is 8.85. The number of carboxylic acids is 1. The number of anilines is 1. The van der Waals surface area contributed by atoms with Gasteiger partial charge in [0.25, 0.3) is 5.91 Å². The summed E-state index contributed by atoms with van der Waals surface area (Å²) < 4.78 is 5.31. The summed E-state index contributed by atoms with van der Waals surface area (Å²) in [6, 6.07) is 8.54. The van der Waals surface area contributed by atoms with E-state index in [1.807, 2.05) is 56.9 Å². The number of hydrogen-bond acceptors (Lipinski definition) is 8. The minimum Gasteiger partial charge on any atom is -0.481 e. The maximum absolute atomic E-state index is 13.7. The van der Waals surface area contributed by atoms with Crippen LogP contribution in [0, 0.1) is 30.6 Å². The van der Waals surface area contributed by atoms with Gasteiger partial charge >= 0.3 is 12.1 Å². The molecule has 236 valence electrons. The zero-order valence-corrected chi connectivity index (χ0v) is 25.9. The van der Waals surface area contributed by atoms with Crippen molar-refractivity contribution in [2.45, 2.75) is 46.6 Å². The lowest BCUT2D eigenvalue weighted by Crippen LogP contribution is -2.57. The van der Waals surface area contributed by atoms with Crippen molar-refractivity contribution in [1.82, 2.24) is 25.1 Å². The molecule has 1 aromatic heterocycles. The SMILES string of the molecule is CCCCOC(=O)N1CCN(C(=O)[C@@H](NC(=O)c2cc(N3CC4C(C3)C4C(=O)O)nc(-c3ccc(C)cc3)n2)C(C)C)CC1. The minimum absolute atomic E-state index is 0.0733. The topological polar surface area (TPSA) is 145 Å². The van der Waals surface area contributed by atoms with E-state index >= 15 is 0 Å². The summed E-state index contributed by atoms with van der Waals surface area (Å²) in [7, 11) is 0. The molecule has 2 unspecified atom stereocenters. The van der Waals surface area contributed by atoms with Crippen LogP contribution in [0.25, 0.3) is 11.4 Å². The van der Waals surface area contributed by atoms with Gasteiger partial charge in [0.15, 0.2) is 5.82 Å². The third-order valence-electron chi connectivity index (χ3n) is 8.85. The molecule has 2 aromatic rings. The van der Waals surface area contributed by atoms with Crippen LogP contribution in [0.1, 0.15) is 49.7 Å². The zero-order valence-electron chi connectivity index (χ0n) is 25.9. The first-order valence-electron chi connectivity index (χ1n) is 15.5. The summed E-state index contributed by atoms with van der Waals surface area (Å²) in [5.74, 6) is -0.879. The van der Waals surface area contributed by atoms with E-state index in [9.17, 15) is 24.3 Å². The van der Waals surface area contributed by atoms with Crippen LogP contribution in [0.2, 0.25) is 0 Å². The van der Waals surface area contributed by atoms with E-state index < -0.39 is 17.9 Å². The number of carboxylic acid groups (broad SMARTS) is 1. The van der Waals surface area contributed by atoms with Gasteiger partial charge in [0.2, 0.25) is 5.91 Å². The van der Waals surface area contributed by atoms with Crippen molar-refractivity contribution < 1.29 is 29.0 Å². The first-order chi connectivity index (χ1) is 21.1. The zero-order chi connectivity index (χ0) is 31.5. The van der Waals surface area contributed by atoms with Crippen molar-refractivity contribution in [3.05, 3.63) is 41.6 Å². The highest BCUT2D eigenvalue weighted by molar-refractivity contribution is 5.97. The fourth-order valence-corrected chi connectivity index (χ4v) is 6.05. The minimum atomic E-state index is -0.789. The van der Waals surface area contributed by atoms with Gasteiger partial charge in [-0.3, -0.25) is 14.4 Å². The number of aromatic nitrogens is 2. The Morgan fingerprint density at radius 1 is 1.00 bits per heavy atom. The third kappa shape index (κ3) is 6.79. The molecule has 3 aliphatic rings. The van der Waals surface area contributed by atoms with Crippen molar-refractivity contribution in [3.8, 4) is 11.4 Å². The Labute approximate surface area is 257 Å². The standard InChI is InChI=1S/C32H42N6O6/c1-5-6-15-44-32(43)37-13-11-36(12-14-37)30(40)27(19(2)3)35-29(39)24-16-25(38-17-22-23(18-38)26(22)31(41)42)34-28(33-24)21-9-7-20(4)8-10-21/h7-10,16,19,22-23,26-27H,5-6,11-15,17-18H2,1-4H3,(H,35,39)(H,41,42)/t22?,23?,26?,27-/m0/s1. The Kier molecular flexibility index (Phi) is 9.36. The quantitative estimate of drug-likeness (QED) is 0.390. The molecule has 0 radical (unpaired) electrons. The van der Waals surface area contributed by atoms with Crippen LogP contribution < -0.4 is 10.2 Å². The molecule has 2 saturated heterocycles. The fraction of sp³-hybridized carbons (Fsp3) is 0.562. The van der Waals surface area contributed by atoms with Gasteiger partial charge in [-0.2, -0.15) is 0 Å². The van der Waals surface area contributed by atoms with Crippen molar-refractivity contribution in [2.75, 3.05) is 50.8 Å². The van der Waals surface area contributed by atoms with E-state index in [0.29, 0.717) is 57.5 Å². The van der Waals surface area contributed by atoms with Crippen molar-refractivity contribution >= 4 is 29.7 Å². The number of piperidine rings is 1. The molecule has 0 bridgehead atoms. The highest BCUT2D eigenvalue weighted by atomic mass is 16.6. The number of benzene rings is 1. The van der Waals surface area contributed by atoms with E-state index in [0.717, 1.165) is 24.0 Å². The number of aryl methyl sites for hydroxylation is 1. The van der Waals surface area contributed by atoms with Gasteiger partial charge in [0.1, 0.15) is 17.6 Å². The average Bonchev–Trinajstić information content (AvgIpc) is 3.53. The van der Waals surface area contributed by atoms with Gasteiger partial charge in [0, 0.05) is 50.9 Å². The van der Waals surface area contributed by atoms with Crippen LogP contribution in [0.15, 0.2) is 30.3 Å². The Hall–Kier alpha value is -4.22. The van der Waals surface area contributed by atoms with E-state index in [2.05, 4.69) is 10.3 Å². The average molecular weight is 607 g/mol. The smallest absolute Gasteiger partial charge is 0.409 e. The molecule has 3 heterocycles. The molecule has 5 rings (SSSR count). The number of piperazine rings is 1. The van der Waals surface area contributed by atoms with Crippen LogP contribution >= 0.6 is 0 Å². The van der Waals surface area contributed by atoms with E-state index in [-0.39, 0.29) is 41.4 Å². The van der Waals surface area contributed by atoms with Crippen LogP contribution in [0.5, 0.6) is 0 Å². The molecule has 12 heteroatoms. The second-order valence-electron chi connectivity index (χ2n) is 12.4. The van der Waals surface area contributed by atoms with Gasteiger partial charge in [-0.15, -0.1) is 0 Å². The molecule has 2 aliphatic heterocycles. The fourth-order valence-electron chi connectivity index (χ4n) is 6.05. The normalized spacial score (nSPS) is 21.6. The van der Waals surface area contributed by atoms with Crippen LogP contribution in [-0.4, -0.2) is 101 Å². The van der Waals surface area contributed by atoms with Gasteiger partial charge < -0.3 is 29.9 Å². The summed E-state index contributed by atoms with van der Waals surface area (Å²) in [6.07, 6.45) is 1.38. The number of carbonyl (C=O) groups is 4. The summed E-state index contributed by atoms with van der Waals surface area (Å²) in [4.78, 5) is 65.8. The largest absolute Gasteiger partial charge is 0.481 e. The molecule has 3 fully saturated rings. The molecule has 3 atom stereocenters. The van der Waals surface area contributed by atoms with Gasteiger partial charge in [-0.25, -0.2) is 14.8 Å². The predicted molar refractivity (Wildman–Crippen MR) is 163 cm³/mol. The second-order valence-corrected chi connectivity index (χ2v) is 12.4. The van der Waals surface area contributed by atoms with E-state index in [1.165, 1.54) is 0 Å². The number of hydrogen-bond donors (Lipinski definition) is 2. The summed E-state index contributed by atoms with van der Waals surface area (Å²) in [5, 5.41) is 12.4. The second kappa shape index (κ2) is 13.2. The predicted octanol–water partition coefficient (Wildman–Crippen LogP) is 3.05. The molecule has 12 nitrogen and oxygen atoms in total. The Morgan fingerprint density at radius 2 is 1.64 bits per heavy atom. The molecule has 1 saturated carbocycles. The van der Waals surface area contributed by atoms with Crippen LogP contribution in [0.4, 0.5) is 10.6 Å². The highest BCUT2D eigenvalue weighted by Gasteiger charge is 2.60. The lowest BCUT2D eigenvalue weighted by molar-refractivity contribution is -0.139. The molecule has 3 amide bonds.